The van der Waals surface area contributed by atoms with Gasteiger partial charge in [-0.25, -0.2) is 8.42 Å². The third-order valence-electron chi connectivity index (χ3n) is 5.11. The van der Waals surface area contributed by atoms with Crippen molar-refractivity contribution in [3.05, 3.63) is 57.6 Å². The van der Waals surface area contributed by atoms with Gasteiger partial charge in [0.25, 0.3) is 15.7 Å². The van der Waals surface area contributed by atoms with E-state index in [0.717, 1.165) is 36.1 Å². The fraction of sp³-hybridized carbons (Fsp3) is 0.368. The quantitative estimate of drug-likeness (QED) is 0.586. The first-order valence-electron chi connectivity index (χ1n) is 8.85. The van der Waals surface area contributed by atoms with E-state index in [9.17, 15) is 18.5 Å². The first-order valence-corrected chi connectivity index (χ1v) is 10.3. The Kier molecular flexibility index (Phi) is 5.57. The largest absolute Gasteiger partial charge is 0.496 e. The topological polar surface area (TPSA) is 102 Å². The molecule has 1 aliphatic rings. The number of ether oxygens (including phenoxy) is 1. The molecule has 150 valence electrons. The molecule has 0 heterocycles. The average molecular weight is 405 g/mol. The Morgan fingerprint density at radius 2 is 1.82 bits per heavy atom. The standard InChI is InChI=1S/C19H23N3O5S/c1-21(2)14-6-9-16-17(12-14)19(27-3)11-10-18(16)20-28(25,26)15-7-4-13(5-8-15)22(23)24/h4-5,7-8,10-11,14,20H,6,9,12H2,1-3H3. The van der Waals surface area contributed by atoms with Crippen molar-refractivity contribution in [2.75, 3.05) is 25.9 Å². The van der Waals surface area contributed by atoms with E-state index >= 15 is 0 Å². The summed E-state index contributed by atoms with van der Waals surface area (Å²) in [7, 11) is 1.81. The first-order chi connectivity index (χ1) is 13.2. The number of hydrogen-bond acceptors (Lipinski definition) is 6. The Morgan fingerprint density at radius 3 is 2.39 bits per heavy atom. The fourth-order valence-corrected chi connectivity index (χ4v) is 4.60. The van der Waals surface area contributed by atoms with Gasteiger partial charge >= 0.3 is 0 Å². The van der Waals surface area contributed by atoms with E-state index in [1.54, 1.807) is 19.2 Å². The highest BCUT2D eigenvalue weighted by molar-refractivity contribution is 7.92. The third kappa shape index (κ3) is 3.95. The Hall–Kier alpha value is -2.65. The SMILES string of the molecule is COc1ccc(NS(=O)(=O)c2ccc([N+](=O)[O-])cc2)c2c1CC(N(C)C)CC2. The minimum Gasteiger partial charge on any atom is -0.496 e. The number of fused-ring (bicyclic) bond motifs is 1. The number of nitrogens with zero attached hydrogens (tertiary/aromatic N) is 2. The first kappa shape index (κ1) is 20.1. The van der Waals surface area contributed by atoms with E-state index in [-0.39, 0.29) is 10.6 Å². The Balaban J connectivity index is 1.94. The fourth-order valence-electron chi connectivity index (χ4n) is 3.51. The van der Waals surface area contributed by atoms with E-state index in [0.29, 0.717) is 11.7 Å². The molecule has 0 spiro atoms. The molecule has 9 heteroatoms. The van der Waals surface area contributed by atoms with Gasteiger partial charge in [0.2, 0.25) is 0 Å². The van der Waals surface area contributed by atoms with E-state index < -0.39 is 14.9 Å². The number of anilines is 1. The summed E-state index contributed by atoms with van der Waals surface area (Å²) in [6, 6.07) is 8.67. The lowest BCUT2D eigenvalue weighted by Gasteiger charge is -2.32. The molecule has 3 rings (SSSR count). The molecule has 1 unspecified atom stereocenters. The lowest BCUT2D eigenvalue weighted by molar-refractivity contribution is -0.384. The molecule has 0 saturated carbocycles. The maximum Gasteiger partial charge on any atom is 0.269 e. The number of sulfonamides is 1. The second kappa shape index (κ2) is 7.76. The highest BCUT2D eigenvalue weighted by Crippen LogP contribution is 2.36. The molecule has 0 fully saturated rings. The van der Waals surface area contributed by atoms with Crippen molar-refractivity contribution in [1.29, 1.82) is 0 Å². The maximum atomic E-state index is 12.8. The second-order valence-corrected chi connectivity index (χ2v) is 8.67. The van der Waals surface area contributed by atoms with Gasteiger partial charge in [0, 0.05) is 23.7 Å². The normalized spacial score (nSPS) is 16.5. The molecule has 0 amide bonds. The molecule has 2 aromatic carbocycles. The van der Waals surface area contributed by atoms with Gasteiger partial charge in [-0.05, 0) is 63.2 Å². The molecule has 1 aliphatic carbocycles. The summed E-state index contributed by atoms with van der Waals surface area (Å²) in [5.74, 6) is 0.750. The van der Waals surface area contributed by atoms with E-state index in [4.69, 9.17) is 4.74 Å². The van der Waals surface area contributed by atoms with Crippen molar-refractivity contribution in [2.45, 2.75) is 30.2 Å². The van der Waals surface area contributed by atoms with Gasteiger partial charge in [0.1, 0.15) is 5.75 Å². The minimum atomic E-state index is -3.86. The second-order valence-electron chi connectivity index (χ2n) is 6.99. The van der Waals surface area contributed by atoms with Gasteiger partial charge in [-0.1, -0.05) is 0 Å². The maximum absolute atomic E-state index is 12.8. The van der Waals surface area contributed by atoms with Crippen LogP contribution in [0, 0.1) is 10.1 Å². The lowest BCUT2D eigenvalue weighted by Crippen LogP contribution is -2.34. The predicted octanol–water partition coefficient (Wildman–Crippen LogP) is 2.82. The molecule has 1 atom stereocenters. The van der Waals surface area contributed by atoms with Crippen LogP contribution in [0.5, 0.6) is 5.75 Å². The summed E-state index contributed by atoms with van der Waals surface area (Å²) in [5.41, 5.74) is 2.31. The molecule has 0 aliphatic heterocycles. The zero-order chi connectivity index (χ0) is 20.5. The highest BCUT2D eigenvalue weighted by Gasteiger charge is 2.27. The summed E-state index contributed by atoms with van der Waals surface area (Å²) in [6.45, 7) is 0. The summed E-state index contributed by atoms with van der Waals surface area (Å²) in [6.07, 6.45) is 2.42. The third-order valence-corrected chi connectivity index (χ3v) is 6.49. The summed E-state index contributed by atoms with van der Waals surface area (Å²) in [4.78, 5) is 12.3. The van der Waals surface area contributed by atoms with Crippen LogP contribution in [0.25, 0.3) is 0 Å². The minimum absolute atomic E-state index is 0.0235. The van der Waals surface area contributed by atoms with Crippen LogP contribution in [0.15, 0.2) is 41.3 Å². The van der Waals surface area contributed by atoms with Crippen LogP contribution in [0.3, 0.4) is 0 Å². The predicted molar refractivity (Wildman–Crippen MR) is 106 cm³/mol. The number of non-ortho nitro benzene ring substituents is 1. The average Bonchev–Trinajstić information content (AvgIpc) is 2.67. The van der Waals surface area contributed by atoms with Crippen LogP contribution in [0.4, 0.5) is 11.4 Å². The Labute approximate surface area is 164 Å². The number of hydrogen-bond donors (Lipinski definition) is 1. The zero-order valence-electron chi connectivity index (χ0n) is 16.0. The Bertz CT molecular complexity index is 987. The summed E-state index contributed by atoms with van der Waals surface area (Å²) in [5, 5.41) is 10.8. The van der Waals surface area contributed by atoms with Crippen molar-refractivity contribution in [2.24, 2.45) is 0 Å². The number of nitrogens with one attached hydrogen (secondary N) is 1. The van der Waals surface area contributed by atoms with Crippen LogP contribution >= 0.6 is 0 Å². The van der Waals surface area contributed by atoms with Crippen molar-refractivity contribution in [3.63, 3.8) is 0 Å². The van der Waals surface area contributed by atoms with Crippen molar-refractivity contribution in [1.82, 2.24) is 4.90 Å². The van der Waals surface area contributed by atoms with Crippen LogP contribution in [-0.4, -0.2) is 45.5 Å². The van der Waals surface area contributed by atoms with Crippen LogP contribution in [0.1, 0.15) is 17.5 Å². The molecule has 0 bridgehead atoms. The molecular formula is C19H23N3O5S. The molecule has 0 radical (unpaired) electrons. The number of nitro groups is 1. The van der Waals surface area contributed by atoms with Gasteiger partial charge in [0.05, 0.1) is 22.6 Å². The summed E-state index contributed by atoms with van der Waals surface area (Å²) < 4.78 is 33.7. The molecule has 8 nitrogen and oxygen atoms in total. The Morgan fingerprint density at radius 1 is 1.14 bits per heavy atom. The van der Waals surface area contributed by atoms with Gasteiger partial charge in [-0.3, -0.25) is 14.8 Å². The highest BCUT2D eigenvalue weighted by atomic mass is 32.2. The number of nitro benzene ring substituents is 1. The van der Waals surface area contributed by atoms with Crippen molar-refractivity contribution >= 4 is 21.4 Å². The molecular weight excluding hydrogens is 382 g/mol. The van der Waals surface area contributed by atoms with Gasteiger partial charge in [-0.15, -0.1) is 0 Å². The van der Waals surface area contributed by atoms with Crippen molar-refractivity contribution in [3.8, 4) is 5.75 Å². The van der Waals surface area contributed by atoms with E-state index in [1.807, 2.05) is 14.1 Å². The van der Waals surface area contributed by atoms with E-state index in [2.05, 4.69) is 9.62 Å². The number of benzene rings is 2. The van der Waals surface area contributed by atoms with Gasteiger partial charge in [0.15, 0.2) is 0 Å². The number of rotatable bonds is 6. The molecule has 1 N–H and O–H groups in total. The molecule has 0 aromatic heterocycles. The monoisotopic (exact) mass is 405 g/mol. The lowest BCUT2D eigenvalue weighted by atomic mass is 9.86. The molecule has 2 aromatic rings. The van der Waals surface area contributed by atoms with Crippen LogP contribution in [0.2, 0.25) is 0 Å². The summed E-state index contributed by atoms with van der Waals surface area (Å²) >= 11 is 0. The van der Waals surface area contributed by atoms with Crippen LogP contribution < -0.4 is 9.46 Å². The number of likely N-dealkylation sites (N-methyl/N-ethyl adjacent to an activating group) is 1. The molecule has 0 saturated heterocycles. The van der Waals surface area contributed by atoms with E-state index in [1.165, 1.54) is 24.3 Å². The van der Waals surface area contributed by atoms with Gasteiger partial charge in [-0.2, -0.15) is 0 Å². The van der Waals surface area contributed by atoms with Crippen molar-refractivity contribution < 1.29 is 18.1 Å². The number of methoxy groups -OCH3 is 1. The smallest absolute Gasteiger partial charge is 0.269 e. The molecule has 28 heavy (non-hydrogen) atoms. The van der Waals surface area contributed by atoms with Gasteiger partial charge < -0.3 is 9.64 Å². The zero-order valence-corrected chi connectivity index (χ0v) is 16.8. The van der Waals surface area contributed by atoms with Crippen LogP contribution in [-0.2, 0) is 22.9 Å².